The molecule has 170 valence electrons. The maximum Gasteiger partial charge on any atom is 0.226 e. The third-order valence-electron chi connectivity index (χ3n) is 6.15. The van der Waals surface area contributed by atoms with Crippen LogP contribution in [0.15, 0.2) is 47.7 Å². The molecule has 1 unspecified atom stereocenters. The molecule has 1 atom stereocenters. The lowest BCUT2D eigenvalue weighted by molar-refractivity contribution is -0.116. The van der Waals surface area contributed by atoms with Crippen LogP contribution in [0.2, 0.25) is 0 Å². The number of Topliss-reactive ketones (excluding diaryl/α,β-unsaturated/α-hetero) is 1. The smallest absolute Gasteiger partial charge is 0.226 e. The number of nitrogens with one attached hydrogen (secondary N) is 1. The van der Waals surface area contributed by atoms with E-state index in [1.54, 1.807) is 21.3 Å². The Morgan fingerprint density at radius 1 is 1.03 bits per heavy atom. The molecule has 1 aromatic heterocycles. The summed E-state index contributed by atoms with van der Waals surface area (Å²) in [7, 11) is 4.72. The van der Waals surface area contributed by atoms with Gasteiger partial charge in [0.15, 0.2) is 23.1 Å². The van der Waals surface area contributed by atoms with Crippen molar-refractivity contribution >= 4 is 11.7 Å². The summed E-state index contributed by atoms with van der Waals surface area (Å²) in [6, 6.07) is 11.5. The molecule has 1 N–H and O–H groups in total. The molecule has 0 saturated heterocycles. The molecular formula is C25H26N4O4. The van der Waals surface area contributed by atoms with E-state index in [2.05, 4.69) is 11.4 Å². The number of aromatic nitrogens is 3. The summed E-state index contributed by atoms with van der Waals surface area (Å²) < 4.78 is 18.3. The fourth-order valence-corrected chi connectivity index (χ4v) is 4.64. The molecule has 1 aliphatic heterocycles. The highest BCUT2D eigenvalue weighted by Gasteiger charge is 2.37. The minimum atomic E-state index is -0.327. The molecule has 5 rings (SSSR count). The Morgan fingerprint density at radius 3 is 2.45 bits per heavy atom. The Kier molecular flexibility index (Phi) is 5.28. The van der Waals surface area contributed by atoms with Crippen LogP contribution in [0.4, 0.5) is 5.95 Å². The monoisotopic (exact) mass is 446 g/mol. The lowest BCUT2D eigenvalue weighted by Gasteiger charge is -2.32. The van der Waals surface area contributed by atoms with Crippen molar-refractivity contribution in [2.45, 2.75) is 32.2 Å². The van der Waals surface area contributed by atoms with E-state index in [0.29, 0.717) is 35.4 Å². The van der Waals surface area contributed by atoms with Crippen LogP contribution >= 0.6 is 0 Å². The number of ketones is 1. The van der Waals surface area contributed by atoms with Gasteiger partial charge in [0, 0.05) is 23.3 Å². The molecule has 0 spiro atoms. The molecule has 0 fully saturated rings. The summed E-state index contributed by atoms with van der Waals surface area (Å²) >= 11 is 0. The van der Waals surface area contributed by atoms with E-state index in [0.717, 1.165) is 40.8 Å². The maximum absolute atomic E-state index is 13.0. The summed E-state index contributed by atoms with van der Waals surface area (Å²) in [5.74, 6) is 2.82. The van der Waals surface area contributed by atoms with Gasteiger partial charge in [0.1, 0.15) is 6.04 Å². The molecule has 33 heavy (non-hydrogen) atoms. The van der Waals surface area contributed by atoms with Gasteiger partial charge in [-0.25, -0.2) is 4.68 Å². The molecule has 2 aromatic carbocycles. The largest absolute Gasteiger partial charge is 0.493 e. The van der Waals surface area contributed by atoms with Crippen molar-refractivity contribution in [1.29, 1.82) is 0 Å². The van der Waals surface area contributed by atoms with Crippen molar-refractivity contribution in [3.05, 3.63) is 58.8 Å². The Morgan fingerprint density at radius 2 is 1.79 bits per heavy atom. The van der Waals surface area contributed by atoms with Gasteiger partial charge in [0.25, 0.3) is 0 Å². The number of hydrogen-bond donors (Lipinski definition) is 1. The second kappa shape index (κ2) is 8.27. The second-order valence-corrected chi connectivity index (χ2v) is 8.23. The van der Waals surface area contributed by atoms with Crippen molar-refractivity contribution in [2.24, 2.45) is 0 Å². The van der Waals surface area contributed by atoms with Gasteiger partial charge < -0.3 is 19.5 Å². The SMILES string of the molecule is COc1cc(-c2nc3n(n2)C(c2cccc(C)c2)C2=C(CCCC2=O)N3)cc(OC)c1OC. The molecule has 0 saturated carbocycles. The predicted octanol–water partition coefficient (Wildman–Crippen LogP) is 4.30. The first kappa shape index (κ1) is 21.1. The van der Waals surface area contributed by atoms with Gasteiger partial charge in [0.05, 0.1) is 21.3 Å². The van der Waals surface area contributed by atoms with E-state index in [9.17, 15) is 4.79 Å². The zero-order valence-electron chi connectivity index (χ0n) is 19.1. The van der Waals surface area contributed by atoms with Crippen molar-refractivity contribution in [3.8, 4) is 28.6 Å². The predicted molar refractivity (Wildman–Crippen MR) is 124 cm³/mol. The van der Waals surface area contributed by atoms with Gasteiger partial charge in [0.2, 0.25) is 11.7 Å². The lowest BCUT2D eigenvalue weighted by atomic mass is 9.85. The highest BCUT2D eigenvalue weighted by atomic mass is 16.5. The average molecular weight is 447 g/mol. The van der Waals surface area contributed by atoms with Gasteiger partial charge >= 0.3 is 0 Å². The molecule has 8 heteroatoms. The van der Waals surface area contributed by atoms with Crippen LogP contribution in [0.25, 0.3) is 11.4 Å². The first-order chi connectivity index (χ1) is 16.0. The van der Waals surface area contributed by atoms with E-state index < -0.39 is 0 Å². The number of methoxy groups -OCH3 is 3. The van der Waals surface area contributed by atoms with Gasteiger partial charge in [-0.1, -0.05) is 29.8 Å². The first-order valence-corrected chi connectivity index (χ1v) is 10.9. The van der Waals surface area contributed by atoms with Crippen molar-refractivity contribution in [3.63, 3.8) is 0 Å². The quantitative estimate of drug-likeness (QED) is 0.625. The molecular weight excluding hydrogens is 420 g/mol. The first-order valence-electron chi connectivity index (χ1n) is 10.9. The summed E-state index contributed by atoms with van der Waals surface area (Å²) in [4.78, 5) is 17.8. The zero-order valence-corrected chi connectivity index (χ0v) is 19.1. The van der Waals surface area contributed by atoms with Crippen molar-refractivity contribution in [1.82, 2.24) is 14.8 Å². The molecule has 0 amide bonds. The number of benzene rings is 2. The summed E-state index contributed by atoms with van der Waals surface area (Å²) in [5, 5.41) is 8.22. The van der Waals surface area contributed by atoms with Crippen LogP contribution in [-0.4, -0.2) is 41.9 Å². The van der Waals surface area contributed by atoms with Crippen LogP contribution in [0.5, 0.6) is 17.2 Å². The highest BCUT2D eigenvalue weighted by Crippen LogP contribution is 2.43. The molecule has 0 bridgehead atoms. The number of rotatable bonds is 5. The fourth-order valence-electron chi connectivity index (χ4n) is 4.64. The van der Waals surface area contributed by atoms with E-state index in [4.69, 9.17) is 24.3 Å². The van der Waals surface area contributed by atoms with Gasteiger partial charge in [-0.2, -0.15) is 4.98 Å². The van der Waals surface area contributed by atoms with Crippen molar-refractivity contribution in [2.75, 3.05) is 26.6 Å². The van der Waals surface area contributed by atoms with Crippen LogP contribution in [0.1, 0.15) is 36.4 Å². The standard InChI is InChI=1S/C25H26N4O4/c1-14-7-5-8-15(11-14)22-21-17(9-6-10-18(21)30)26-25-27-24(28-29(22)25)16-12-19(31-2)23(33-4)20(13-16)32-3/h5,7-8,11-13,22H,6,9-10H2,1-4H3,(H,26,27,28). The summed E-state index contributed by atoms with van der Waals surface area (Å²) in [6.45, 7) is 2.05. The average Bonchev–Trinajstić information content (AvgIpc) is 3.25. The van der Waals surface area contributed by atoms with E-state index in [1.165, 1.54) is 0 Å². The molecule has 1 aliphatic carbocycles. The number of ether oxygens (including phenoxy) is 3. The number of allylic oxidation sites excluding steroid dienone is 2. The number of nitrogens with zero attached hydrogens (tertiary/aromatic N) is 3. The Balaban J connectivity index is 1.67. The van der Waals surface area contributed by atoms with Crippen molar-refractivity contribution < 1.29 is 19.0 Å². The van der Waals surface area contributed by atoms with Crippen LogP contribution in [-0.2, 0) is 4.79 Å². The number of carbonyl (C=O) groups is 1. The number of hydrogen-bond acceptors (Lipinski definition) is 7. The number of aryl methyl sites for hydroxylation is 1. The number of fused-ring (bicyclic) bond motifs is 1. The highest BCUT2D eigenvalue weighted by molar-refractivity contribution is 5.99. The number of carbonyl (C=O) groups excluding carboxylic acids is 1. The molecule has 8 nitrogen and oxygen atoms in total. The Bertz CT molecular complexity index is 1250. The summed E-state index contributed by atoms with van der Waals surface area (Å²) in [5.41, 5.74) is 4.58. The number of anilines is 1. The molecule has 2 aliphatic rings. The van der Waals surface area contributed by atoms with E-state index in [-0.39, 0.29) is 11.8 Å². The third-order valence-corrected chi connectivity index (χ3v) is 6.15. The minimum Gasteiger partial charge on any atom is -0.493 e. The van der Waals surface area contributed by atoms with E-state index in [1.807, 2.05) is 41.9 Å². The maximum atomic E-state index is 13.0. The normalized spacial score (nSPS) is 17.2. The van der Waals surface area contributed by atoms with E-state index >= 15 is 0 Å². The molecule has 3 aromatic rings. The van der Waals surface area contributed by atoms with Crippen LogP contribution < -0.4 is 19.5 Å². The molecule has 0 radical (unpaired) electrons. The van der Waals surface area contributed by atoms with Crippen LogP contribution in [0, 0.1) is 6.92 Å². The Labute approximate surface area is 192 Å². The third kappa shape index (κ3) is 3.51. The Hall–Kier alpha value is -3.81. The zero-order chi connectivity index (χ0) is 23.1. The second-order valence-electron chi connectivity index (χ2n) is 8.23. The summed E-state index contributed by atoms with van der Waals surface area (Å²) in [6.07, 6.45) is 2.20. The van der Waals surface area contributed by atoms with Crippen LogP contribution in [0.3, 0.4) is 0 Å². The molecule has 2 heterocycles. The van der Waals surface area contributed by atoms with Gasteiger partial charge in [-0.3, -0.25) is 4.79 Å². The van der Waals surface area contributed by atoms with Gasteiger partial charge in [-0.15, -0.1) is 5.10 Å². The lowest BCUT2D eigenvalue weighted by Crippen LogP contribution is -2.31. The van der Waals surface area contributed by atoms with Gasteiger partial charge in [-0.05, 0) is 37.5 Å². The topological polar surface area (TPSA) is 87.5 Å². The fraction of sp³-hybridized carbons (Fsp3) is 0.320. The minimum absolute atomic E-state index is 0.158.